The van der Waals surface area contributed by atoms with Crippen LogP contribution in [0.15, 0.2) is 24.3 Å². The smallest absolute Gasteiger partial charge is 0.349 e. The van der Waals surface area contributed by atoms with Crippen molar-refractivity contribution in [1.29, 1.82) is 5.26 Å². The molecule has 0 aliphatic rings. The summed E-state index contributed by atoms with van der Waals surface area (Å²) in [5.74, 6) is 0.161. The molecule has 0 aliphatic heterocycles. The molecule has 0 saturated heterocycles. The van der Waals surface area contributed by atoms with E-state index in [2.05, 4.69) is 10.4 Å². The van der Waals surface area contributed by atoms with Crippen LogP contribution in [0.1, 0.15) is 36.0 Å². The predicted molar refractivity (Wildman–Crippen MR) is 84.0 cm³/mol. The molecule has 0 radical (unpaired) electrons. The van der Waals surface area contributed by atoms with Gasteiger partial charge >= 0.3 is 5.97 Å². The number of hydrogen-bond acceptors (Lipinski definition) is 6. The minimum Gasteiger partial charge on any atom is -0.490 e. The third kappa shape index (κ3) is 3.62. The van der Waals surface area contributed by atoms with E-state index in [0.29, 0.717) is 28.5 Å². The lowest BCUT2D eigenvalue weighted by Gasteiger charge is -2.11. The molecule has 5 nitrogen and oxygen atoms in total. The molecule has 1 aromatic carbocycles. The van der Waals surface area contributed by atoms with Gasteiger partial charge in [-0.3, -0.25) is 0 Å². The van der Waals surface area contributed by atoms with Crippen molar-refractivity contribution in [2.24, 2.45) is 0 Å². The number of aromatic nitrogens is 1. The van der Waals surface area contributed by atoms with E-state index in [9.17, 15) is 10.1 Å². The first-order valence-electron chi connectivity index (χ1n) is 6.90. The molecule has 0 bridgehead atoms. The molecule has 1 heterocycles. The largest absolute Gasteiger partial charge is 0.490 e. The highest BCUT2D eigenvalue weighted by Crippen LogP contribution is 2.28. The van der Waals surface area contributed by atoms with Gasteiger partial charge in [0.1, 0.15) is 16.7 Å². The fourth-order valence-electron chi connectivity index (χ4n) is 1.84. The van der Waals surface area contributed by atoms with E-state index in [4.69, 9.17) is 9.47 Å². The number of nitriles is 1. The molecular weight excluding hydrogens is 300 g/mol. The first-order chi connectivity index (χ1) is 10.5. The molecule has 0 unspecified atom stereocenters. The van der Waals surface area contributed by atoms with E-state index in [1.54, 1.807) is 25.1 Å². The van der Waals surface area contributed by atoms with Crippen molar-refractivity contribution in [1.82, 2.24) is 4.37 Å². The van der Waals surface area contributed by atoms with E-state index < -0.39 is 0 Å². The van der Waals surface area contributed by atoms with Crippen molar-refractivity contribution in [3.63, 3.8) is 0 Å². The van der Waals surface area contributed by atoms with Gasteiger partial charge in [-0.1, -0.05) is 0 Å². The number of ether oxygens (including phenoxy) is 2. The van der Waals surface area contributed by atoms with Crippen molar-refractivity contribution in [3.05, 3.63) is 34.7 Å². The Bertz CT molecular complexity index is 716. The van der Waals surface area contributed by atoms with Crippen LogP contribution < -0.4 is 4.74 Å². The highest BCUT2D eigenvalue weighted by molar-refractivity contribution is 7.08. The predicted octanol–water partition coefficient (Wildman–Crippen LogP) is 3.65. The van der Waals surface area contributed by atoms with Crippen LogP contribution in [0.2, 0.25) is 0 Å². The zero-order valence-electron chi connectivity index (χ0n) is 12.6. The van der Waals surface area contributed by atoms with E-state index >= 15 is 0 Å². The van der Waals surface area contributed by atoms with Crippen LogP contribution in [-0.4, -0.2) is 23.1 Å². The molecule has 0 fully saturated rings. The Morgan fingerprint density at radius 3 is 2.82 bits per heavy atom. The third-order valence-corrected chi connectivity index (χ3v) is 3.51. The van der Waals surface area contributed by atoms with Crippen molar-refractivity contribution in [2.45, 2.75) is 26.9 Å². The molecule has 22 heavy (non-hydrogen) atoms. The molecule has 0 aliphatic carbocycles. The average molecular weight is 316 g/mol. The Morgan fingerprint density at radius 2 is 2.18 bits per heavy atom. The topological polar surface area (TPSA) is 72.2 Å². The van der Waals surface area contributed by atoms with Crippen molar-refractivity contribution in [3.8, 4) is 23.1 Å². The second-order valence-corrected chi connectivity index (χ2v) is 5.59. The molecule has 1 aromatic heterocycles. The maximum absolute atomic E-state index is 11.7. The second-order valence-electron chi connectivity index (χ2n) is 4.79. The van der Waals surface area contributed by atoms with Gasteiger partial charge in [-0.05, 0) is 56.6 Å². The number of benzene rings is 1. The average Bonchev–Trinajstić information content (AvgIpc) is 2.97. The van der Waals surface area contributed by atoms with Crippen LogP contribution in [0.4, 0.5) is 0 Å². The number of carbonyl (C=O) groups excluding carboxylic acids is 1. The summed E-state index contributed by atoms with van der Waals surface area (Å²) in [6.45, 7) is 5.89. The normalized spacial score (nSPS) is 10.3. The first-order valence-corrected chi connectivity index (χ1v) is 7.67. The van der Waals surface area contributed by atoms with Gasteiger partial charge in [0.25, 0.3) is 0 Å². The fraction of sp³-hybridized carbons (Fsp3) is 0.312. The number of carbonyl (C=O) groups is 1. The zero-order chi connectivity index (χ0) is 16.1. The summed E-state index contributed by atoms with van der Waals surface area (Å²) in [5, 5.41) is 9.24. The molecule has 6 heteroatoms. The Hall–Kier alpha value is -2.39. The van der Waals surface area contributed by atoms with Gasteiger partial charge in [-0.15, -0.1) is 0 Å². The summed E-state index contributed by atoms with van der Waals surface area (Å²) in [6.07, 6.45) is -0.00682. The first kappa shape index (κ1) is 16.0. The Kier molecular flexibility index (Phi) is 5.12. The highest BCUT2D eigenvalue weighted by atomic mass is 32.1. The lowest BCUT2D eigenvalue weighted by atomic mass is 10.1. The third-order valence-electron chi connectivity index (χ3n) is 2.75. The minimum atomic E-state index is -0.383. The molecular formula is C16H16N2O3S. The fourth-order valence-corrected chi connectivity index (χ4v) is 2.50. The van der Waals surface area contributed by atoms with Crippen molar-refractivity contribution in [2.75, 3.05) is 6.61 Å². The van der Waals surface area contributed by atoms with E-state index in [0.717, 1.165) is 17.1 Å². The highest BCUT2D eigenvalue weighted by Gasteiger charge is 2.14. The standard InChI is InChI=1S/C16H16N2O3S/c1-4-20-16(19)15-8-13(18-22-15)11-5-6-14(21-10(2)3)12(7-11)9-17/h5-8,10H,4H2,1-3H3. The number of nitrogens with zero attached hydrogens (tertiary/aromatic N) is 2. The number of rotatable bonds is 5. The molecule has 0 N–H and O–H groups in total. The monoisotopic (exact) mass is 316 g/mol. The van der Waals surface area contributed by atoms with Crippen LogP contribution in [0.5, 0.6) is 5.75 Å². The van der Waals surface area contributed by atoms with Crippen molar-refractivity contribution >= 4 is 17.5 Å². The maximum Gasteiger partial charge on any atom is 0.349 e. The van der Waals surface area contributed by atoms with Gasteiger partial charge in [-0.2, -0.15) is 9.64 Å². The minimum absolute atomic E-state index is 0.00682. The van der Waals surface area contributed by atoms with Crippen LogP contribution in [0.3, 0.4) is 0 Å². The summed E-state index contributed by atoms with van der Waals surface area (Å²) in [4.78, 5) is 12.1. The molecule has 0 atom stereocenters. The van der Waals surface area contributed by atoms with Gasteiger partial charge < -0.3 is 9.47 Å². The van der Waals surface area contributed by atoms with Gasteiger partial charge in [0.2, 0.25) is 0 Å². The molecule has 2 aromatic rings. The van der Waals surface area contributed by atoms with Gasteiger partial charge in [-0.25, -0.2) is 4.79 Å². The zero-order valence-corrected chi connectivity index (χ0v) is 13.4. The SMILES string of the molecule is CCOC(=O)c1cc(-c2ccc(OC(C)C)c(C#N)c2)ns1. The summed E-state index contributed by atoms with van der Waals surface area (Å²) < 4.78 is 14.8. The van der Waals surface area contributed by atoms with Crippen molar-refractivity contribution < 1.29 is 14.3 Å². The van der Waals surface area contributed by atoms with E-state index in [1.165, 1.54) is 0 Å². The Labute approximate surface area is 133 Å². The summed E-state index contributed by atoms with van der Waals surface area (Å²) in [7, 11) is 0. The summed E-state index contributed by atoms with van der Waals surface area (Å²) in [5.41, 5.74) is 1.84. The van der Waals surface area contributed by atoms with Gasteiger partial charge in [0.15, 0.2) is 0 Å². The lowest BCUT2D eigenvalue weighted by molar-refractivity contribution is 0.0532. The summed E-state index contributed by atoms with van der Waals surface area (Å²) >= 11 is 1.08. The van der Waals surface area contributed by atoms with E-state index in [-0.39, 0.29) is 12.1 Å². The number of hydrogen-bond donors (Lipinski definition) is 0. The van der Waals surface area contributed by atoms with Gasteiger partial charge in [0, 0.05) is 5.56 Å². The Morgan fingerprint density at radius 1 is 1.41 bits per heavy atom. The van der Waals surface area contributed by atoms with Crippen LogP contribution in [-0.2, 0) is 4.74 Å². The number of esters is 1. The Balaban J connectivity index is 2.30. The molecule has 2 rings (SSSR count). The summed E-state index contributed by atoms with van der Waals surface area (Å²) in [6, 6.07) is 9.07. The maximum atomic E-state index is 11.7. The molecule has 0 saturated carbocycles. The van der Waals surface area contributed by atoms with Gasteiger partial charge in [0.05, 0.1) is 24.0 Å². The lowest BCUT2D eigenvalue weighted by Crippen LogP contribution is -2.06. The van der Waals surface area contributed by atoms with E-state index in [1.807, 2.05) is 19.9 Å². The molecule has 0 spiro atoms. The van der Waals surface area contributed by atoms with Crippen LogP contribution >= 0.6 is 11.5 Å². The van der Waals surface area contributed by atoms with Crippen LogP contribution in [0, 0.1) is 11.3 Å². The van der Waals surface area contributed by atoms with Crippen LogP contribution in [0.25, 0.3) is 11.3 Å². The molecule has 114 valence electrons. The molecule has 0 amide bonds. The quantitative estimate of drug-likeness (QED) is 0.787. The second kappa shape index (κ2) is 7.05.